The highest BCUT2D eigenvalue weighted by molar-refractivity contribution is 6.21. The molecule has 2 N–H and O–H groups in total. The monoisotopic (exact) mass is 438 g/mol. The van der Waals surface area contributed by atoms with Crippen LogP contribution in [-0.2, 0) is 9.53 Å². The number of anilines is 2. The lowest BCUT2D eigenvalue weighted by atomic mass is 10.1. The minimum atomic E-state index is -0.295. The van der Waals surface area contributed by atoms with E-state index >= 15 is 0 Å². The number of morpholine rings is 1. The maximum Gasteiger partial charge on any atom is 0.261 e. The third-order valence-electron chi connectivity index (χ3n) is 5.40. The van der Waals surface area contributed by atoms with Crippen molar-refractivity contribution in [3.63, 3.8) is 0 Å². The van der Waals surface area contributed by atoms with Gasteiger partial charge in [-0.1, -0.05) is 12.1 Å². The number of carbonyl (C=O) groups excluding carboxylic acids is 3. The van der Waals surface area contributed by atoms with Crippen molar-refractivity contribution >= 4 is 29.4 Å². The Hall–Kier alpha value is -3.53. The standard InChI is InChI=1S/C22H26N6O4/c29-20(6-3-9-28-21(30)16-4-1-2-5-17(16)22(28)31)24-8-7-23-18-14-19(26-15-25-18)27-10-12-32-13-11-27/h1-2,4-5,14-15H,3,6-13H2,(H,24,29)(H,23,25,26). The number of imide groups is 1. The first kappa shape index (κ1) is 21.7. The summed E-state index contributed by atoms with van der Waals surface area (Å²) in [5.74, 6) is 0.831. The lowest BCUT2D eigenvalue weighted by Gasteiger charge is -2.27. The van der Waals surface area contributed by atoms with Crippen molar-refractivity contribution in [2.45, 2.75) is 12.8 Å². The zero-order chi connectivity index (χ0) is 22.3. The largest absolute Gasteiger partial charge is 0.378 e. The second-order valence-electron chi connectivity index (χ2n) is 7.55. The van der Waals surface area contributed by atoms with Gasteiger partial charge in [-0.25, -0.2) is 9.97 Å². The molecule has 0 unspecified atom stereocenters. The average Bonchev–Trinajstić information content (AvgIpc) is 3.08. The van der Waals surface area contributed by atoms with Crippen LogP contribution in [0.5, 0.6) is 0 Å². The van der Waals surface area contributed by atoms with Crippen molar-refractivity contribution in [3.05, 3.63) is 47.8 Å². The Morgan fingerprint density at radius 1 is 1.03 bits per heavy atom. The summed E-state index contributed by atoms with van der Waals surface area (Å²) < 4.78 is 5.36. The minimum absolute atomic E-state index is 0.125. The molecular formula is C22H26N6O4. The molecule has 0 bridgehead atoms. The Labute approximate surface area is 186 Å². The Kier molecular flexibility index (Phi) is 6.90. The van der Waals surface area contributed by atoms with Crippen LogP contribution in [-0.4, -0.2) is 78.5 Å². The number of hydrogen-bond acceptors (Lipinski definition) is 8. The van der Waals surface area contributed by atoms with Crippen molar-refractivity contribution < 1.29 is 19.1 Å². The van der Waals surface area contributed by atoms with E-state index in [2.05, 4.69) is 25.5 Å². The summed E-state index contributed by atoms with van der Waals surface area (Å²) in [4.78, 5) is 48.6. The predicted octanol–water partition coefficient (Wildman–Crippen LogP) is 0.918. The molecule has 10 heteroatoms. The van der Waals surface area contributed by atoms with Crippen molar-refractivity contribution in [2.24, 2.45) is 0 Å². The molecule has 1 fully saturated rings. The lowest BCUT2D eigenvalue weighted by Crippen LogP contribution is -2.36. The molecule has 32 heavy (non-hydrogen) atoms. The van der Waals surface area contributed by atoms with Gasteiger partial charge >= 0.3 is 0 Å². The van der Waals surface area contributed by atoms with E-state index in [1.54, 1.807) is 24.3 Å². The molecule has 4 rings (SSSR count). The summed E-state index contributed by atoms with van der Waals surface area (Å²) in [5.41, 5.74) is 0.851. The van der Waals surface area contributed by atoms with E-state index in [1.807, 2.05) is 6.07 Å². The zero-order valence-electron chi connectivity index (χ0n) is 17.7. The summed E-state index contributed by atoms with van der Waals surface area (Å²) in [6.45, 7) is 4.15. The van der Waals surface area contributed by atoms with E-state index in [0.717, 1.165) is 18.9 Å². The number of ether oxygens (including phenoxy) is 1. The van der Waals surface area contributed by atoms with Crippen molar-refractivity contribution in [1.82, 2.24) is 20.2 Å². The van der Waals surface area contributed by atoms with Gasteiger partial charge in [0.05, 0.1) is 24.3 Å². The molecule has 3 heterocycles. The third-order valence-corrected chi connectivity index (χ3v) is 5.40. The molecule has 1 saturated heterocycles. The fourth-order valence-corrected chi connectivity index (χ4v) is 3.73. The van der Waals surface area contributed by atoms with Crippen molar-refractivity contribution in [1.29, 1.82) is 0 Å². The van der Waals surface area contributed by atoms with Gasteiger partial charge in [0, 0.05) is 45.2 Å². The molecular weight excluding hydrogens is 412 g/mol. The number of amides is 3. The van der Waals surface area contributed by atoms with Gasteiger partial charge in [0.2, 0.25) is 5.91 Å². The predicted molar refractivity (Wildman–Crippen MR) is 118 cm³/mol. The van der Waals surface area contributed by atoms with Crippen molar-refractivity contribution in [3.8, 4) is 0 Å². The SMILES string of the molecule is O=C(CCCN1C(=O)c2ccccc2C1=O)NCCNc1cc(N2CCOCC2)ncn1. The van der Waals surface area contributed by atoms with E-state index in [1.165, 1.54) is 11.2 Å². The molecule has 2 aliphatic heterocycles. The molecule has 0 spiro atoms. The maximum absolute atomic E-state index is 12.3. The van der Waals surface area contributed by atoms with Crippen LogP contribution in [0.15, 0.2) is 36.7 Å². The highest BCUT2D eigenvalue weighted by Crippen LogP contribution is 2.22. The number of rotatable bonds is 9. The van der Waals surface area contributed by atoms with Gasteiger partial charge in [0.15, 0.2) is 0 Å². The summed E-state index contributed by atoms with van der Waals surface area (Å²) in [6.07, 6.45) is 2.17. The molecule has 2 aromatic rings. The third kappa shape index (κ3) is 5.02. The normalized spacial score (nSPS) is 15.6. The van der Waals surface area contributed by atoms with Crippen LogP contribution in [0, 0.1) is 0 Å². The topological polar surface area (TPSA) is 117 Å². The van der Waals surface area contributed by atoms with E-state index in [0.29, 0.717) is 49.7 Å². The smallest absolute Gasteiger partial charge is 0.261 e. The molecule has 2 aliphatic rings. The Balaban J connectivity index is 1.14. The van der Waals surface area contributed by atoms with Gasteiger partial charge in [-0.3, -0.25) is 19.3 Å². The second kappa shape index (κ2) is 10.2. The number of nitrogens with one attached hydrogen (secondary N) is 2. The minimum Gasteiger partial charge on any atom is -0.378 e. The fraction of sp³-hybridized carbons (Fsp3) is 0.409. The first-order valence-corrected chi connectivity index (χ1v) is 10.7. The van der Waals surface area contributed by atoms with E-state index in [-0.39, 0.29) is 30.7 Å². The van der Waals surface area contributed by atoms with Crippen LogP contribution >= 0.6 is 0 Å². The number of benzene rings is 1. The van der Waals surface area contributed by atoms with Gasteiger partial charge in [0.1, 0.15) is 18.0 Å². The number of carbonyl (C=O) groups is 3. The van der Waals surface area contributed by atoms with Crippen LogP contribution in [0.3, 0.4) is 0 Å². The van der Waals surface area contributed by atoms with Gasteiger partial charge in [0.25, 0.3) is 11.8 Å². The molecule has 10 nitrogen and oxygen atoms in total. The van der Waals surface area contributed by atoms with Gasteiger partial charge in [-0.05, 0) is 18.6 Å². The first-order chi connectivity index (χ1) is 15.6. The Morgan fingerprint density at radius 3 is 2.47 bits per heavy atom. The van der Waals surface area contributed by atoms with E-state index < -0.39 is 0 Å². The van der Waals surface area contributed by atoms with Crippen LogP contribution < -0.4 is 15.5 Å². The molecule has 0 saturated carbocycles. The number of hydrogen-bond donors (Lipinski definition) is 2. The second-order valence-corrected chi connectivity index (χ2v) is 7.55. The number of aromatic nitrogens is 2. The van der Waals surface area contributed by atoms with Gasteiger partial charge in [-0.2, -0.15) is 0 Å². The summed E-state index contributed by atoms with van der Waals surface area (Å²) >= 11 is 0. The van der Waals surface area contributed by atoms with Crippen molar-refractivity contribution in [2.75, 3.05) is 56.2 Å². The van der Waals surface area contributed by atoms with Crippen LogP contribution in [0.4, 0.5) is 11.6 Å². The van der Waals surface area contributed by atoms with Gasteiger partial charge < -0.3 is 20.3 Å². The Morgan fingerprint density at radius 2 is 1.75 bits per heavy atom. The number of fused-ring (bicyclic) bond motifs is 1. The first-order valence-electron chi connectivity index (χ1n) is 10.7. The molecule has 0 aliphatic carbocycles. The average molecular weight is 438 g/mol. The van der Waals surface area contributed by atoms with Crippen LogP contribution in [0.2, 0.25) is 0 Å². The summed E-state index contributed by atoms with van der Waals surface area (Å²) in [6, 6.07) is 8.66. The Bertz CT molecular complexity index is 957. The fourth-order valence-electron chi connectivity index (χ4n) is 3.73. The molecule has 0 radical (unpaired) electrons. The molecule has 168 valence electrons. The zero-order valence-corrected chi connectivity index (χ0v) is 17.7. The quantitative estimate of drug-likeness (QED) is 0.439. The summed E-state index contributed by atoms with van der Waals surface area (Å²) in [5, 5.41) is 6.02. The van der Waals surface area contributed by atoms with E-state index in [4.69, 9.17) is 4.74 Å². The molecule has 1 aromatic carbocycles. The van der Waals surface area contributed by atoms with Gasteiger partial charge in [-0.15, -0.1) is 0 Å². The summed E-state index contributed by atoms with van der Waals surface area (Å²) in [7, 11) is 0. The van der Waals surface area contributed by atoms with Crippen LogP contribution in [0.25, 0.3) is 0 Å². The van der Waals surface area contributed by atoms with Crippen LogP contribution in [0.1, 0.15) is 33.6 Å². The number of nitrogens with zero attached hydrogens (tertiary/aromatic N) is 4. The maximum atomic E-state index is 12.3. The molecule has 0 atom stereocenters. The van der Waals surface area contributed by atoms with E-state index in [9.17, 15) is 14.4 Å². The highest BCUT2D eigenvalue weighted by Gasteiger charge is 2.34. The molecule has 3 amide bonds. The highest BCUT2D eigenvalue weighted by atomic mass is 16.5. The lowest BCUT2D eigenvalue weighted by molar-refractivity contribution is -0.121. The molecule has 1 aromatic heterocycles.